The Morgan fingerprint density at radius 3 is 2.43 bits per heavy atom. The molecule has 3 aromatic carbocycles. The Kier molecular flexibility index (Phi) is 7.51. The van der Waals surface area contributed by atoms with E-state index in [1.807, 2.05) is 60.4 Å². The molecule has 0 amide bonds. The summed E-state index contributed by atoms with van der Waals surface area (Å²) >= 11 is 5.86. The number of nitrogens with zero attached hydrogens (tertiary/aromatic N) is 1. The lowest BCUT2D eigenvalue weighted by atomic mass is 10.0. The summed E-state index contributed by atoms with van der Waals surface area (Å²) in [6.45, 7) is 7.11. The average Bonchev–Trinajstić information content (AvgIpc) is 2.85. The second kappa shape index (κ2) is 10.7. The molecule has 0 unspecified atom stereocenters. The molecule has 2 N–H and O–H groups in total. The van der Waals surface area contributed by atoms with Gasteiger partial charge in [0, 0.05) is 12.1 Å². The van der Waals surface area contributed by atoms with Gasteiger partial charge in [0.05, 0.1) is 25.2 Å². The molecule has 1 atom stereocenters. The first-order chi connectivity index (χ1) is 16.8. The van der Waals surface area contributed by atoms with Gasteiger partial charge in [0.2, 0.25) is 0 Å². The van der Waals surface area contributed by atoms with E-state index in [1.165, 1.54) is 0 Å². The number of rotatable bonds is 7. The Morgan fingerprint density at radius 2 is 1.74 bits per heavy atom. The van der Waals surface area contributed by atoms with Crippen molar-refractivity contribution in [2.24, 2.45) is 0 Å². The maximum absolute atomic E-state index is 13.0. The minimum Gasteiger partial charge on any atom is -0.497 e. The van der Waals surface area contributed by atoms with Crippen molar-refractivity contribution in [3.8, 4) is 5.75 Å². The van der Waals surface area contributed by atoms with Gasteiger partial charge >= 0.3 is 0 Å². The maximum atomic E-state index is 13.0. The minimum absolute atomic E-state index is 0.0299. The number of H-pyrrole nitrogens is 1. The Labute approximate surface area is 211 Å². The van der Waals surface area contributed by atoms with Crippen LogP contribution in [0.1, 0.15) is 40.8 Å². The van der Waals surface area contributed by atoms with Crippen molar-refractivity contribution in [2.45, 2.75) is 39.9 Å². The molecule has 5 nitrogen and oxygen atoms in total. The van der Waals surface area contributed by atoms with Gasteiger partial charge in [0.25, 0.3) is 5.56 Å². The molecule has 0 radical (unpaired) electrons. The highest BCUT2D eigenvalue weighted by molar-refractivity contribution is 7.80. The van der Waals surface area contributed by atoms with Crippen LogP contribution in [-0.4, -0.2) is 22.1 Å². The van der Waals surface area contributed by atoms with Crippen molar-refractivity contribution in [3.63, 3.8) is 0 Å². The zero-order chi connectivity index (χ0) is 24.9. The van der Waals surface area contributed by atoms with Crippen LogP contribution in [0.5, 0.6) is 5.75 Å². The van der Waals surface area contributed by atoms with E-state index in [0.29, 0.717) is 23.8 Å². The van der Waals surface area contributed by atoms with Gasteiger partial charge in [0.1, 0.15) is 5.75 Å². The molecular weight excluding hydrogens is 454 g/mol. The Balaban J connectivity index is 1.64. The molecule has 4 rings (SSSR count). The quantitative estimate of drug-likeness (QED) is 0.325. The molecule has 35 heavy (non-hydrogen) atoms. The third kappa shape index (κ3) is 5.89. The lowest BCUT2D eigenvalue weighted by Crippen LogP contribution is -2.41. The SMILES string of the molecule is COc1ccc(CN(Cc2cc3cc(C)cc(C)c3[nH]c2=O)C(=S)N[C@@H](C)c2ccccc2)cc1. The van der Waals surface area contributed by atoms with Crippen LogP contribution >= 0.6 is 12.2 Å². The summed E-state index contributed by atoms with van der Waals surface area (Å²) in [6, 6.07) is 24.3. The molecule has 180 valence electrons. The fourth-order valence-electron chi connectivity index (χ4n) is 4.31. The predicted octanol–water partition coefficient (Wildman–Crippen LogP) is 5.79. The van der Waals surface area contributed by atoms with Crippen molar-refractivity contribution in [1.82, 2.24) is 15.2 Å². The number of hydrogen-bond donors (Lipinski definition) is 2. The zero-order valence-corrected chi connectivity index (χ0v) is 21.4. The normalized spacial score (nSPS) is 11.8. The molecular formula is C29H31N3O2S. The topological polar surface area (TPSA) is 57.4 Å². The van der Waals surface area contributed by atoms with Crippen LogP contribution in [0.25, 0.3) is 10.9 Å². The number of benzene rings is 3. The number of aryl methyl sites for hydroxylation is 2. The standard InChI is InChI=1S/C29H31N3O2S/c1-19-14-20(2)27-24(15-19)16-25(28(33)31-27)18-32(17-22-10-12-26(34-4)13-11-22)29(35)30-21(3)23-8-6-5-7-9-23/h5-16,21H,17-18H2,1-4H3,(H,30,35)(H,31,33)/t21-/m0/s1. The van der Waals surface area contributed by atoms with Crippen LogP contribution in [-0.2, 0) is 13.1 Å². The van der Waals surface area contributed by atoms with E-state index in [9.17, 15) is 4.79 Å². The van der Waals surface area contributed by atoms with Crippen molar-refractivity contribution < 1.29 is 4.74 Å². The summed E-state index contributed by atoms with van der Waals surface area (Å²) < 4.78 is 5.30. The van der Waals surface area contributed by atoms with Crippen LogP contribution in [0.15, 0.2) is 77.6 Å². The maximum Gasteiger partial charge on any atom is 0.253 e. The van der Waals surface area contributed by atoms with E-state index in [4.69, 9.17) is 17.0 Å². The summed E-state index contributed by atoms with van der Waals surface area (Å²) in [5.74, 6) is 0.801. The molecule has 0 aliphatic carbocycles. The number of methoxy groups -OCH3 is 1. The Morgan fingerprint density at radius 1 is 1.03 bits per heavy atom. The van der Waals surface area contributed by atoms with Gasteiger partial charge < -0.3 is 19.9 Å². The molecule has 0 spiro atoms. The Hall–Kier alpha value is -3.64. The van der Waals surface area contributed by atoms with Crippen molar-refractivity contribution >= 4 is 28.2 Å². The first-order valence-electron chi connectivity index (χ1n) is 11.7. The fraction of sp³-hybridized carbons (Fsp3) is 0.241. The summed E-state index contributed by atoms with van der Waals surface area (Å²) in [4.78, 5) is 18.2. The number of nitrogens with one attached hydrogen (secondary N) is 2. The number of fused-ring (bicyclic) bond motifs is 1. The molecule has 6 heteroatoms. The highest BCUT2D eigenvalue weighted by Gasteiger charge is 2.17. The van der Waals surface area contributed by atoms with Gasteiger partial charge in [-0.2, -0.15) is 0 Å². The summed E-state index contributed by atoms with van der Waals surface area (Å²) in [6.07, 6.45) is 0. The second-order valence-electron chi connectivity index (χ2n) is 8.96. The Bertz CT molecular complexity index is 1380. The molecule has 4 aromatic rings. The third-order valence-electron chi connectivity index (χ3n) is 6.19. The smallest absolute Gasteiger partial charge is 0.253 e. The van der Waals surface area contributed by atoms with Crippen LogP contribution in [0.4, 0.5) is 0 Å². The highest BCUT2D eigenvalue weighted by Crippen LogP contribution is 2.20. The van der Waals surface area contributed by atoms with Crippen LogP contribution in [0, 0.1) is 13.8 Å². The number of thiocarbonyl (C=S) groups is 1. The summed E-state index contributed by atoms with van der Waals surface area (Å²) in [5, 5.41) is 5.08. The van der Waals surface area contributed by atoms with Crippen molar-refractivity contribution in [3.05, 3.63) is 111 Å². The average molecular weight is 486 g/mol. The molecule has 1 heterocycles. The van der Waals surface area contributed by atoms with E-state index in [0.717, 1.165) is 38.9 Å². The molecule has 0 fully saturated rings. The van der Waals surface area contributed by atoms with Gasteiger partial charge in [-0.05, 0) is 79.3 Å². The first kappa shape index (κ1) is 24.5. The van der Waals surface area contributed by atoms with E-state index in [-0.39, 0.29) is 11.6 Å². The zero-order valence-electron chi connectivity index (χ0n) is 20.6. The number of aromatic nitrogens is 1. The third-order valence-corrected chi connectivity index (χ3v) is 6.57. The predicted molar refractivity (Wildman–Crippen MR) is 147 cm³/mol. The van der Waals surface area contributed by atoms with Gasteiger partial charge in [-0.15, -0.1) is 0 Å². The molecule has 1 aromatic heterocycles. The van der Waals surface area contributed by atoms with Crippen molar-refractivity contribution in [2.75, 3.05) is 7.11 Å². The first-order valence-corrected chi connectivity index (χ1v) is 12.1. The lowest BCUT2D eigenvalue weighted by Gasteiger charge is -2.28. The lowest BCUT2D eigenvalue weighted by molar-refractivity contribution is 0.390. The molecule has 0 aliphatic heterocycles. The summed E-state index contributed by atoms with van der Waals surface area (Å²) in [5.41, 5.74) is 5.91. The molecule has 0 saturated carbocycles. The largest absolute Gasteiger partial charge is 0.497 e. The number of aromatic amines is 1. The van der Waals surface area contributed by atoms with Crippen LogP contribution < -0.4 is 15.6 Å². The van der Waals surface area contributed by atoms with Gasteiger partial charge in [-0.3, -0.25) is 4.79 Å². The number of pyridine rings is 1. The number of hydrogen-bond acceptors (Lipinski definition) is 3. The monoisotopic (exact) mass is 485 g/mol. The van der Waals surface area contributed by atoms with E-state index < -0.39 is 0 Å². The van der Waals surface area contributed by atoms with E-state index >= 15 is 0 Å². The minimum atomic E-state index is -0.0944. The van der Waals surface area contributed by atoms with Gasteiger partial charge in [-0.1, -0.05) is 54.1 Å². The molecule has 0 bridgehead atoms. The fourth-order valence-corrected chi connectivity index (χ4v) is 4.61. The van der Waals surface area contributed by atoms with Gasteiger partial charge in [-0.25, -0.2) is 0 Å². The molecule has 0 saturated heterocycles. The van der Waals surface area contributed by atoms with Crippen molar-refractivity contribution in [1.29, 1.82) is 0 Å². The van der Waals surface area contributed by atoms with Gasteiger partial charge in [0.15, 0.2) is 5.11 Å². The highest BCUT2D eigenvalue weighted by atomic mass is 32.1. The van der Waals surface area contributed by atoms with Crippen LogP contribution in [0.2, 0.25) is 0 Å². The van der Waals surface area contributed by atoms with E-state index in [2.05, 4.69) is 48.4 Å². The second-order valence-corrected chi connectivity index (χ2v) is 9.34. The molecule has 0 aliphatic rings. The van der Waals surface area contributed by atoms with Crippen LogP contribution in [0.3, 0.4) is 0 Å². The van der Waals surface area contributed by atoms with E-state index in [1.54, 1.807) is 7.11 Å². The summed E-state index contributed by atoms with van der Waals surface area (Å²) in [7, 11) is 1.65. The number of ether oxygens (including phenoxy) is 1.